The monoisotopic (exact) mass is 250 g/mol. The van der Waals surface area contributed by atoms with Gasteiger partial charge in [0.1, 0.15) is 6.10 Å². The molecule has 3 atom stereocenters. The van der Waals surface area contributed by atoms with E-state index in [0.29, 0.717) is 0 Å². The van der Waals surface area contributed by atoms with Crippen LogP contribution in [-0.2, 0) is 25.4 Å². The SMILES string of the molecule is CCc1ccccc1C1OC(C)OC1C(=O)OC. The molecule has 0 bridgehead atoms. The van der Waals surface area contributed by atoms with Gasteiger partial charge in [-0.3, -0.25) is 0 Å². The van der Waals surface area contributed by atoms with Gasteiger partial charge in [-0.15, -0.1) is 0 Å². The van der Waals surface area contributed by atoms with Crippen LogP contribution in [0.15, 0.2) is 24.3 Å². The molecule has 0 aromatic heterocycles. The topological polar surface area (TPSA) is 44.8 Å². The molecule has 2 rings (SSSR count). The highest BCUT2D eigenvalue weighted by Gasteiger charge is 2.41. The molecule has 4 heteroatoms. The second-order valence-electron chi connectivity index (χ2n) is 4.26. The lowest BCUT2D eigenvalue weighted by atomic mass is 9.97. The van der Waals surface area contributed by atoms with Gasteiger partial charge in [-0.2, -0.15) is 0 Å². The van der Waals surface area contributed by atoms with Crippen molar-refractivity contribution in [1.29, 1.82) is 0 Å². The summed E-state index contributed by atoms with van der Waals surface area (Å²) in [5, 5.41) is 0. The van der Waals surface area contributed by atoms with Crippen molar-refractivity contribution in [1.82, 2.24) is 0 Å². The van der Waals surface area contributed by atoms with Gasteiger partial charge in [-0.1, -0.05) is 31.2 Å². The van der Waals surface area contributed by atoms with Crippen LogP contribution in [0.5, 0.6) is 0 Å². The summed E-state index contributed by atoms with van der Waals surface area (Å²) in [5.41, 5.74) is 2.16. The molecule has 0 amide bonds. The van der Waals surface area contributed by atoms with Crippen LogP contribution in [0.4, 0.5) is 0 Å². The van der Waals surface area contributed by atoms with Gasteiger partial charge in [0.25, 0.3) is 0 Å². The summed E-state index contributed by atoms with van der Waals surface area (Å²) >= 11 is 0. The second kappa shape index (κ2) is 5.50. The summed E-state index contributed by atoms with van der Waals surface area (Å²) in [6, 6.07) is 7.93. The van der Waals surface area contributed by atoms with Crippen molar-refractivity contribution in [2.24, 2.45) is 0 Å². The first kappa shape index (κ1) is 13.1. The van der Waals surface area contributed by atoms with E-state index in [-0.39, 0.29) is 6.10 Å². The van der Waals surface area contributed by atoms with Crippen molar-refractivity contribution in [2.75, 3.05) is 7.11 Å². The minimum atomic E-state index is -0.683. The standard InChI is InChI=1S/C14H18O4/c1-4-10-7-5-6-8-11(10)12-13(14(15)16-3)18-9(2)17-12/h5-9,12-13H,4H2,1-3H3. The minimum Gasteiger partial charge on any atom is -0.467 e. The van der Waals surface area contributed by atoms with Crippen molar-refractivity contribution in [3.63, 3.8) is 0 Å². The largest absolute Gasteiger partial charge is 0.467 e. The van der Waals surface area contributed by atoms with Crippen LogP contribution < -0.4 is 0 Å². The number of carbonyl (C=O) groups is 1. The van der Waals surface area contributed by atoms with Crippen LogP contribution in [-0.4, -0.2) is 25.5 Å². The first-order chi connectivity index (χ1) is 8.67. The van der Waals surface area contributed by atoms with E-state index in [2.05, 4.69) is 6.92 Å². The molecule has 0 aliphatic carbocycles. The van der Waals surface area contributed by atoms with Crippen molar-refractivity contribution in [3.05, 3.63) is 35.4 Å². The van der Waals surface area contributed by atoms with Gasteiger partial charge in [-0.05, 0) is 24.5 Å². The third-order valence-electron chi connectivity index (χ3n) is 3.13. The lowest BCUT2D eigenvalue weighted by molar-refractivity contribution is -0.153. The van der Waals surface area contributed by atoms with E-state index in [0.717, 1.165) is 17.5 Å². The molecule has 0 radical (unpaired) electrons. The molecule has 1 aliphatic rings. The van der Waals surface area contributed by atoms with Crippen LogP contribution in [0.2, 0.25) is 0 Å². The van der Waals surface area contributed by atoms with Crippen molar-refractivity contribution >= 4 is 5.97 Å². The Hall–Kier alpha value is -1.39. The third-order valence-corrected chi connectivity index (χ3v) is 3.13. The van der Waals surface area contributed by atoms with Gasteiger partial charge in [0, 0.05) is 0 Å². The summed E-state index contributed by atoms with van der Waals surface area (Å²) in [7, 11) is 1.36. The maximum Gasteiger partial charge on any atom is 0.338 e. The van der Waals surface area contributed by atoms with Crippen LogP contribution in [0.25, 0.3) is 0 Å². The highest BCUT2D eigenvalue weighted by Crippen LogP contribution is 2.34. The summed E-state index contributed by atoms with van der Waals surface area (Å²) < 4.78 is 15.9. The summed E-state index contributed by atoms with van der Waals surface area (Å²) in [6.07, 6.45) is -0.580. The molecule has 1 fully saturated rings. The summed E-state index contributed by atoms with van der Waals surface area (Å²) in [5.74, 6) is -0.393. The second-order valence-corrected chi connectivity index (χ2v) is 4.26. The Labute approximate surface area is 107 Å². The van der Waals surface area contributed by atoms with E-state index in [1.807, 2.05) is 24.3 Å². The van der Waals surface area contributed by atoms with E-state index in [1.54, 1.807) is 6.92 Å². The van der Waals surface area contributed by atoms with Crippen LogP contribution in [0, 0.1) is 0 Å². The highest BCUT2D eigenvalue weighted by atomic mass is 16.7. The van der Waals surface area contributed by atoms with E-state index < -0.39 is 18.4 Å². The zero-order valence-electron chi connectivity index (χ0n) is 10.9. The lowest BCUT2D eigenvalue weighted by Crippen LogP contribution is -2.27. The van der Waals surface area contributed by atoms with Gasteiger partial charge in [0.05, 0.1) is 7.11 Å². The third kappa shape index (κ3) is 2.40. The van der Waals surface area contributed by atoms with Gasteiger partial charge in [-0.25, -0.2) is 4.79 Å². The molecule has 0 N–H and O–H groups in total. The van der Waals surface area contributed by atoms with Gasteiger partial charge < -0.3 is 14.2 Å². The minimum absolute atomic E-state index is 0.386. The average Bonchev–Trinajstić information content (AvgIpc) is 2.79. The maximum atomic E-state index is 11.7. The predicted molar refractivity (Wildman–Crippen MR) is 66.0 cm³/mol. The molecular weight excluding hydrogens is 232 g/mol. The molecule has 1 saturated heterocycles. The van der Waals surface area contributed by atoms with Crippen molar-refractivity contribution < 1.29 is 19.0 Å². The number of hydrogen-bond donors (Lipinski definition) is 0. The van der Waals surface area contributed by atoms with E-state index in [4.69, 9.17) is 14.2 Å². The number of benzene rings is 1. The fourth-order valence-corrected chi connectivity index (χ4v) is 2.25. The first-order valence-corrected chi connectivity index (χ1v) is 6.14. The molecule has 1 aromatic rings. The highest BCUT2D eigenvalue weighted by molar-refractivity contribution is 5.76. The first-order valence-electron chi connectivity index (χ1n) is 6.14. The number of carbonyl (C=O) groups excluding carboxylic acids is 1. The zero-order chi connectivity index (χ0) is 13.1. The van der Waals surface area contributed by atoms with Crippen molar-refractivity contribution in [3.8, 4) is 0 Å². The Morgan fingerprint density at radius 1 is 1.33 bits per heavy atom. The smallest absolute Gasteiger partial charge is 0.338 e. The van der Waals surface area contributed by atoms with Crippen LogP contribution in [0.3, 0.4) is 0 Å². The lowest BCUT2D eigenvalue weighted by Gasteiger charge is -2.17. The molecule has 18 heavy (non-hydrogen) atoms. The van der Waals surface area contributed by atoms with Gasteiger partial charge >= 0.3 is 5.97 Å². The summed E-state index contributed by atoms with van der Waals surface area (Å²) in [6.45, 7) is 3.86. The molecular formula is C14H18O4. The number of ether oxygens (including phenoxy) is 3. The van der Waals surface area contributed by atoms with E-state index in [1.165, 1.54) is 7.11 Å². The van der Waals surface area contributed by atoms with Crippen LogP contribution in [0.1, 0.15) is 31.1 Å². The number of aryl methyl sites for hydroxylation is 1. The van der Waals surface area contributed by atoms with Crippen LogP contribution >= 0.6 is 0 Å². The Balaban J connectivity index is 2.32. The number of methoxy groups -OCH3 is 1. The predicted octanol–water partition coefficient (Wildman–Crippen LogP) is 2.22. The van der Waals surface area contributed by atoms with Crippen molar-refractivity contribution in [2.45, 2.75) is 38.8 Å². The normalized spacial score (nSPS) is 27.2. The molecule has 1 heterocycles. The fourth-order valence-electron chi connectivity index (χ4n) is 2.25. The van der Waals surface area contributed by atoms with E-state index in [9.17, 15) is 4.79 Å². The zero-order valence-corrected chi connectivity index (χ0v) is 10.9. The number of rotatable bonds is 3. The number of hydrogen-bond acceptors (Lipinski definition) is 4. The Morgan fingerprint density at radius 2 is 2.06 bits per heavy atom. The maximum absolute atomic E-state index is 11.7. The fraction of sp³-hybridized carbons (Fsp3) is 0.500. The molecule has 4 nitrogen and oxygen atoms in total. The molecule has 3 unspecified atom stereocenters. The summed E-state index contributed by atoms with van der Waals surface area (Å²) in [4.78, 5) is 11.7. The van der Waals surface area contributed by atoms with E-state index >= 15 is 0 Å². The molecule has 98 valence electrons. The average molecular weight is 250 g/mol. The Bertz CT molecular complexity index is 430. The molecule has 0 saturated carbocycles. The molecule has 1 aliphatic heterocycles. The molecule has 0 spiro atoms. The van der Waals surface area contributed by atoms with Gasteiger partial charge in [0.2, 0.25) is 0 Å². The quantitative estimate of drug-likeness (QED) is 0.772. The molecule has 1 aromatic carbocycles. The Morgan fingerprint density at radius 3 is 2.72 bits per heavy atom. The number of esters is 1. The Kier molecular flexibility index (Phi) is 3.99. The van der Waals surface area contributed by atoms with Gasteiger partial charge in [0.15, 0.2) is 12.4 Å².